The first-order chi connectivity index (χ1) is 7.74. The maximum atomic E-state index is 3.50. The third-order valence-corrected chi connectivity index (χ3v) is 5.65. The number of rotatable bonds is 4. The molecular weight excluding hydrogens is 236 g/mol. The van der Waals surface area contributed by atoms with E-state index in [0.717, 1.165) is 18.3 Å². The predicted molar refractivity (Wildman–Crippen MR) is 74.5 cm³/mol. The molecule has 16 heavy (non-hydrogen) atoms. The Labute approximate surface area is 106 Å². The molecule has 1 aromatic heterocycles. The van der Waals surface area contributed by atoms with Crippen molar-refractivity contribution in [1.29, 1.82) is 0 Å². The van der Waals surface area contributed by atoms with Gasteiger partial charge in [-0.25, -0.2) is 0 Å². The molecule has 0 bridgehead atoms. The van der Waals surface area contributed by atoms with Gasteiger partial charge in [-0.3, -0.25) is 4.90 Å². The summed E-state index contributed by atoms with van der Waals surface area (Å²) >= 11 is 3.84. The summed E-state index contributed by atoms with van der Waals surface area (Å²) in [7, 11) is 2.26. The summed E-state index contributed by atoms with van der Waals surface area (Å²) in [6.07, 6.45) is 2.22. The van der Waals surface area contributed by atoms with Crippen molar-refractivity contribution in [2.24, 2.45) is 0 Å². The van der Waals surface area contributed by atoms with Gasteiger partial charge in [0.05, 0.1) is 0 Å². The topological polar surface area (TPSA) is 15.3 Å². The van der Waals surface area contributed by atoms with E-state index in [0.29, 0.717) is 12.1 Å². The van der Waals surface area contributed by atoms with E-state index in [1.807, 2.05) is 23.1 Å². The largest absolute Gasteiger partial charge is 0.314 e. The van der Waals surface area contributed by atoms with Crippen LogP contribution in [0.1, 0.15) is 17.8 Å². The smallest absolute Gasteiger partial charge is 0.0414 e. The molecule has 3 unspecified atom stereocenters. The van der Waals surface area contributed by atoms with Gasteiger partial charge in [0.1, 0.15) is 0 Å². The molecule has 2 rings (SSSR count). The molecule has 0 aliphatic carbocycles. The summed E-state index contributed by atoms with van der Waals surface area (Å²) < 4.78 is 0. The molecule has 3 atom stereocenters. The van der Waals surface area contributed by atoms with Crippen molar-refractivity contribution in [1.82, 2.24) is 10.2 Å². The third kappa shape index (κ3) is 2.45. The molecule has 90 valence electrons. The summed E-state index contributed by atoms with van der Waals surface area (Å²) in [5, 5.41) is 6.39. The van der Waals surface area contributed by atoms with E-state index >= 15 is 0 Å². The number of hydrogen-bond donors (Lipinski definition) is 1. The van der Waals surface area contributed by atoms with Crippen molar-refractivity contribution >= 4 is 23.1 Å². The second-order valence-corrected chi connectivity index (χ2v) is 6.41. The lowest BCUT2D eigenvalue weighted by atomic mass is 10.1. The van der Waals surface area contributed by atoms with Crippen LogP contribution in [0.3, 0.4) is 0 Å². The Balaban J connectivity index is 2.04. The zero-order valence-electron chi connectivity index (χ0n) is 10.1. The normalized spacial score (nSPS) is 27.5. The number of thiophene rings is 1. The van der Waals surface area contributed by atoms with Gasteiger partial charge in [-0.15, -0.1) is 11.3 Å². The highest BCUT2D eigenvalue weighted by Gasteiger charge is 2.32. The van der Waals surface area contributed by atoms with Gasteiger partial charge in [0.15, 0.2) is 0 Å². The molecule has 4 heteroatoms. The maximum Gasteiger partial charge on any atom is 0.0414 e. The Bertz CT molecular complexity index is 313. The Morgan fingerprint density at radius 2 is 2.38 bits per heavy atom. The van der Waals surface area contributed by atoms with E-state index < -0.39 is 0 Å². The van der Waals surface area contributed by atoms with Crippen LogP contribution in [0.15, 0.2) is 17.5 Å². The van der Waals surface area contributed by atoms with Gasteiger partial charge in [-0.05, 0) is 31.7 Å². The van der Waals surface area contributed by atoms with Crippen LogP contribution in [-0.4, -0.2) is 42.6 Å². The molecule has 1 saturated heterocycles. The summed E-state index contributed by atoms with van der Waals surface area (Å²) in [5.74, 6) is 0. The monoisotopic (exact) mass is 256 g/mol. The highest BCUT2D eigenvalue weighted by Crippen LogP contribution is 2.29. The van der Waals surface area contributed by atoms with Crippen LogP contribution in [0.4, 0.5) is 0 Å². The van der Waals surface area contributed by atoms with Crippen molar-refractivity contribution < 1.29 is 0 Å². The standard InChI is InChI=1S/C12H20N2S2/c1-9(11-5-4-6-16-11)14(2)10-7-13-8-12(10)15-3/h4-6,9-10,12-13H,7-8H2,1-3H3. The van der Waals surface area contributed by atoms with Crippen LogP contribution in [0.5, 0.6) is 0 Å². The van der Waals surface area contributed by atoms with E-state index in [-0.39, 0.29) is 0 Å². The molecule has 0 saturated carbocycles. The fourth-order valence-electron chi connectivity index (χ4n) is 2.30. The Morgan fingerprint density at radius 1 is 1.56 bits per heavy atom. The molecule has 2 nitrogen and oxygen atoms in total. The van der Waals surface area contributed by atoms with Crippen molar-refractivity contribution in [2.45, 2.75) is 24.3 Å². The van der Waals surface area contributed by atoms with E-state index in [4.69, 9.17) is 0 Å². The number of nitrogens with one attached hydrogen (secondary N) is 1. The maximum absolute atomic E-state index is 3.50. The molecule has 0 aromatic carbocycles. The molecule has 1 fully saturated rings. The van der Waals surface area contributed by atoms with Gasteiger partial charge in [0, 0.05) is 35.3 Å². The molecule has 0 radical (unpaired) electrons. The van der Waals surface area contributed by atoms with E-state index in [2.05, 4.69) is 48.0 Å². The summed E-state index contributed by atoms with van der Waals surface area (Å²) in [5.41, 5.74) is 0. The van der Waals surface area contributed by atoms with Crippen LogP contribution in [0.25, 0.3) is 0 Å². The number of thioether (sulfide) groups is 1. The average molecular weight is 256 g/mol. The van der Waals surface area contributed by atoms with E-state index in [1.165, 1.54) is 4.88 Å². The Hall–Kier alpha value is -0.0300. The molecule has 1 aromatic rings. The fraction of sp³-hybridized carbons (Fsp3) is 0.667. The van der Waals surface area contributed by atoms with Gasteiger partial charge >= 0.3 is 0 Å². The lowest BCUT2D eigenvalue weighted by Gasteiger charge is -2.32. The molecule has 1 aliphatic heterocycles. The summed E-state index contributed by atoms with van der Waals surface area (Å²) in [6.45, 7) is 4.58. The SMILES string of the molecule is CSC1CNCC1N(C)C(C)c1cccs1. The molecule has 1 N–H and O–H groups in total. The molecule has 0 spiro atoms. The molecule has 1 aliphatic rings. The minimum atomic E-state index is 0.527. The highest BCUT2D eigenvalue weighted by molar-refractivity contribution is 7.99. The number of hydrogen-bond acceptors (Lipinski definition) is 4. The zero-order valence-corrected chi connectivity index (χ0v) is 11.8. The molecule has 2 heterocycles. The van der Waals surface area contributed by atoms with Crippen molar-refractivity contribution in [3.8, 4) is 0 Å². The van der Waals surface area contributed by atoms with Crippen molar-refractivity contribution in [3.05, 3.63) is 22.4 Å². The van der Waals surface area contributed by atoms with Crippen LogP contribution in [0.2, 0.25) is 0 Å². The summed E-state index contributed by atoms with van der Waals surface area (Å²) in [6, 6.07) is 5.57. The first-order valence-corrected chi connectivity index (χ1v) is 7.89. The first kappa shape index (κ1) is 12.4. The second kappa shape index (κ2) is 5.54. The van der Waals surface area contributed by atoms with Gasteiger partial charge in [-0.2, -0.15) is 11.8 Å². The van der Waals surface area contributed by atoms with Crippen LogP contribution in [0, 0.1) is 0 Å². The van der Waals surface area contributed by atoms with Gasteiger partial charge in [-0.1, -0.05) is 6.07 Å². The summed E-state index contributed by atoms with van der Waals surface area (Å²) in [4.78, 5) is 3.99. The molecular formula is C12H20N2S2. The van der Waals surface area contributed by atoms with Crippen LogP contribution >= 0.6 is 23.1 Å². The second-order valence-electron chi connectivity index (χ2n) is 4.36. The van der Waals surface area contributed by atoms with Crippen LogP contribution in [-0.2, 0) is 0 Å². The van der Waals surface area contributed by atoms with Crippen LogP contribution < -0.4 is 5.32 Å². The number of likely N-dealkylation sites (N-methyl/N-ethyl adjacent to an activating group) is 1. The predicted octanol–water partition coefficient (Wildman–Crippen LogP) is 2.44. The lowest BCUT2D eigenvalue weighted by Crippen LogP contribution is -2.40. The Morgan fingerprint density at radius 3 is 3.00 bits per heavy atom. The Kier molecular flexibility index (Phi) is 4.30. The van der Waals surface area contributed by atoms with Crippen molar-refractivity contribution in [2.75, 3.05) is 26.4 Å². The highest BCUT2D eigenvalue weighted by atomic mass is 32.2. The van der Waals surface area contributed by atoms with Crippen molar-refractivity contribution in [3.63, 3.8) is 0 Å². The molecule has 0 amide bonds. The minimum Gasteiger partial charge on any atom is -0.314 e. The fourth-order valence-corrected chi connectivity index (χ4v) is 4.03. The average Bonchev–Trinajstić information content (AvgIpc) is 2.97. The quantitative estimate of drug-likeness (QED) is 0.891. The van der Waals surface area contributed by atoms with Gasteiger partial charge < -0.3 is 5.32 Å². The number of nitrogens with zero attached hydrogens (tertiary/aromatic N) is 1. The van der Waals surface area contributed by atoms with E-state index in [9.17, 15) is 0 Å². The lowest BCUT2D eigenvalue weighted by molar-refractivity contribution is 0.203. The van der Waals surface area contributed by atoms with Gasteiger partial charge in [0.25, 0.3) is 0 Å². The van der Waals surface area contributed by atoms with Gasteiger partial charge in [0.2, 0.25) is 0 Å². The van der Waals surface area contributed by atoms with E-state index in [1.54, 1.807) is 0 Å². The first-order valence-electron chi connectivity index (χ1n) is 5.73. The zero-order chi connectivity index (χ0) is 11.5. The minimum absolute atomic E-state index is 0.527. The third-order valence-electron chi connectivity index (χ3n) is 3.52.